The minimum atomic E-state index is -0.849. The molecule has 1 unspecified atom stereocenters. The van der Waals surface area contributed by atoms with E-state index < -0.39 is 12.0 Å². The summed E-state index contributed by atoms with van der Waals surface area (Å²) in [5.41, 5.74) is 0.843. The average Bonchev–Trinajstić information content (AvgIpc) is 2.42. The summed E-state index contributed by atoms with van der Waals surface area (Å²) >= 11 is 6.10. The van der Waals surface area contributed by atoms with Crippen LogP contribution in [-0.2, 0) is 11.3 Å². The van der Waals surface area contributed by atoms with E-state index in [9.17, 15) is 4.79 Å². The summed E-state index contributed by atoms with van der Waals surface area (Å²) in [6.07, 6.45) is 1.38. The third-order valence-corrected chi connectivity index (χ3v) is 3.20. The Hall–Kier alpha value is -1.46. The van der Waals surface area contributed by atoms with E-state index in [2.05, 4.69) is 5.32 Å². The molecule has 0 heterocycles. The highest BCUT2D eigenvalue weighted by Crippen LogP contribution is 2.35. The summed E-state index contributed by atoms with van der Waals surface area (Å²) < 4.78 is 10.4. The van der Waals surface area contributed by atoms with Crippen molar-refractivity contribution in [2.75, 3.05) is 14.2 Å². The fraction of sp³-hybridized carbons (Fsp3) is 0.500. The Balaban J connectivity index is 2.82. The second-order valence-electron chi connectivity index (χ2n) is 4.37. The number of hydrogen-bond donors (Lipinski definition) is 2. The molecule has 0 fully saturated rings. The fourth-order valence-corrected chi connectivity index (χ4v) is 2.23. The van der Waals surface area contributed by atoms with E-state index in [0.29, 0.717) is 29.5 Å². The Labute approximate surface area is 123 Å². The summed E-state index contributed by atoms with van der Waals surface area (Å²) in [5, 5.41) is 12.5. The van der Waals surface area contributed by atoms with Gasteiger partial charge < -0.3 is 19.9 Å². The molecular weight excluding hydrogens is 282 g/mol. The topological polar surface area (TPSA) is 67.8 Å². The monoisotopic (exact) mass is 301 g/mol. The molecule has 1 aromatic carbocycles. The summed E-state index contributed by atoms with van der Waals surface area (Å²) in [7, 11) is 3.05. The van der Waals surface area contributed by atoms with Crippen molar-refractivity contribution in [3.05, 3.63) is 22.7 Å². The Kier molecular flexibility index (Phi) is 6.61. The van der Waals surface area contributed by atoms with Crippen LogP contribution in [0.4, 0.5) is 0 Å². The summed E-state index contributed by atoms with van der Waals surface area (Å²) in [4.78, 5) is 11.1. The van der Waals surface area contributed by atoms with Gasteiger partial charge in [-0.25, -0.2) is 0 Å². The number of aliphatic carboxylic acids is 1. The molecule has 0 spiro atoms. The molecule has 0 aliphatic carbocycles. The third-order valence-electron chi connectivity index (χ3n) is 2.92. The predicted octanol–water partition coefficient (Wildman–Crippen LogP) is 2.70. The first-order valence-electron chi connectivity index (χ1n) is 6.40. The molecule has 0 aliphatic heterocycles. The Morgan fingerprint density at radius 2 is 2.10 bits per heavy atom. The second-order valence-corrected chi connectivity index (χ2v) is 4.78. The molecule has 0 radical (unpaired) electrons. The normalized spacial score (nSPS) is 12.0. The lowest BCUT2D eigenvalue weighted by atomic mass is 10.1. The van der Waals surface area contributed by atoms with Gasteiger partial charge in [0.15, 0.2) is 11.5 Å². The first-order valence-corrected chi connectivity index (χ1v) is 6.77. The molecule has 20 heavy (non-hydrogen) atoms. The lowest BCUT2D eigenvalue weighted by Gasteiger charge is -2.15. The van der Waals surface area contributed by atoms with Gasteiger partial charge in [-0.05, 0) is 24.1 Å². The number of carboxylic acid groups (broad SMARTS) is 1. The number of carboxylic acids is 1. The molecule has 5 nitrogen and oxygen atoms in total. The van der Waals surface area contributed by atoms with Gasteiger partial charge in [-0.1, -0.05) is 24.9 Å². The third kappa shape index (κ3) is 4.28. The summed E-state index contributed by atoms with van der Waals surface area (Å²) in [5.74, 6) is 0.152. The average molecular weight is 302 g/mol. The molecule has 0 aromatic heterocycles. The van der Waals surface area contributed by atoms with Crippen molar-refractivity contribution in [1.82, 2.24) is 5.32 Å². The first-order chi connectivity index (χ1) is 9.53. The first kappa shape index (κ1) is 16.6. The fourth-order valence-electron chi connectivity index (χ4n) is 1.92. The molecule has 0 saturated carbocycles. The molecule has 112 valence electrons. The van der Waals surface area contributed by atoms with Crippen LogP contribution in [0.5, 0.6) is 11.5 Å². The Bertz CT molecular complexity index is 465. The highest BCUT2D eigenvalue weighted by atomic mass is 35.5. The van der Waals surface area contributed by atoms with Crippen LogP contribution in [0.25, 0.3) is 0 Å². The van der Waals surface area contributed by atoms with Crippen molar-refractivity contribution in [3.63, 3.8) is 0 Å². The smallest absolute Gasteiger partial charge is 0.320 e. The Morgan fingerprint density at radius 3 is 2.60 bits per heavy atom. The SMILES string of the molecule is CCCC(NCc1cc(Cl)c(OC)c(OC)c1)C(=O)O. The number of ether oxygens (including phenoxy) is 2. The predicted molar refractivity (Wildman–Crippen MR) is 77.7 cm³/mol. The zero-order chi connectivity index (χ0) is 15.1. The molecule has 1 rings (SSSR count). The molecule has 0 bridgehead atoms. The summed E-state index contributed by atoms with van der Waals surface area (Å²) in [6, 6.07) is 2.95. The van der Waals surface area contributed by atoms with Gasteiger partial charge in [0.2, 0.25) is 0 Å². The van der Waals surface area contributed by atoms with E-state index in [1.165, 1.54) is 14.2 Å². The standard InChI is InChI=1S/C14H20ClNO4/c1-4-5-11(14(17)18)16-8-9-6-10(15)13(20-3)12(7-9)19-2/h6-7,11,16H,4-5,8H2,1-3H3,(H,17,18). The van der Waals surface area contributed by atoms with Gasteiger partial charge >= 0.3 is 5.97 Å². The highest BCUT2D eigenvalue weighted by Gasteiger charge is 2.16. The maximum atomic E-state index is 11.1. The maximum absolute atomic E-state index is 11.1. The van der Waals surface area contributed by atoms with Crippen LogP contribution in [-0.4, -0.2) is 31.3 Å². The van der Waals surface area contributed by atoms with E-state index in [1.54, 1.807) is 12.1 Å². The highest BCUT2D eigenvalue weighted by molar-refractivity contribution is 6.32. The van der Waals surface area contributed by atoms with Crippen molar-refractivity contribution in [2.24, 2.45) is 0 Å². The van der Waals surface area contributed by atoms with Crippen LogP contribution in [0, 0.1) is 0 Å². The molecule has 1 aromatic rings. The van der Waals surface area contributed by atoms with Gasteiger partial charge in [-0.15, -0.1) is 0 Å². The van der Waals surface area contributed by atoms with Gasteiger partial charge in [0, 0.05) is 6.54 Å². The van der Waals surface area contributed by atoms with Crippen molar-refractivity contribution < 1.29 is 19.4 Å². The van der Waals surface area contributed by atoms with Crippen LogP contribution in [0.15, 0.2) is 12.1 Å². The largest absolute Gasteiger partial charge is 0.493 e. The Morgan fingerprint density at radius 1 is 1.40 bits per heavy atom. The van der Waals surface area contributed by atoms with E-state index in [1.807, 2.05) is 6.92 Å². The zero-order valence-electron chi connectivity index (χ0n) is 11.9. The molecule has 2 N–H and O–H groups in total. The van der Waals surface area contributed by atoms with E-state index >= 15 is 0 Å². The molecular formula is C14H20ClNO4. The van der Waals surface area contributed by atoms with Gasteiger partial charge in [-0.2, -0.15) is 0 Å². The minimum absolute atomic E-state index is 0.400. The van der Waals surface area contributed by atoms with Gasteiger partial charge in [0.25, 0.3) is 0 Å². The van der Waals surface area contributed by atoms with Crippen LogP contribution in [0.3, 0.4) is 0 Å². The van der Waals surface area contributed by atoms with Gasteiger partial charge in [0.1, 0.15) is 6.04 Å². The molecule has 0 amide bonds. The lowest BCUT2D eigenvalue weighted by molar-refractivity contribution is -0.139. The zero-order valence-corrected chi connectivity index (χ0v) is 12.7. The van der Waals surface area contributed by atoms with Crippen molar-refractivity contribution in [3.8, 4) is 11.5 Å². The maximum Gasteiger partial charge on any atom is 0.320 e. The quantitative estimate of drug-likeness (QED) is 0.773. The number of carbonyl (C=O) groups is 1. The second kappa shape index (κ2) is 7.97. The number of methoxy groups -OCH3 is 2. The van der Waals surface area contributed by atoms with Crippen molar-refractivity contribution in [1.29, 1.82) is 0 Å². The van der Waals surface area contributed by atoms with Gasteiger partial charge in [0.05, 0.1) is 19.2 Å². The van der Waals surface area contributed by atoms with E-state index in [-0.39, 0.29) is 0 Å². The van der Waals surface area contributed by atoms with Crippen LogP contribution < -0.4 is 14.8 Å². The van der Waals surface area contributed by atoms with Crippen LogP contribution >= 0.6 is 11.6 Å². The van der Waals surface area contributed by atoms with Crippen LogP contribution in [0.1, 0.15) is 25.3 Å². The van der Waals surface area contributed by atoms with Crippen molar-refractivity contribution >= 4 is 17.6 Å². The van der Waals surface area contributed by atoms with Crippen molar-refractivity contribution in [2.45, 2.75) is 32.4 Å². The number of hydrogen-bond acceptors (Lipinski definition) is 4. The molecule has 0 saturated heterocycles. The van der Waals surface area contributed by atoms with E-state index in [0.717, 1.165) is 12.0 Å². The molecule has 6 heteroatoms. The summed E-state index contributed by atoms with van der Waals surface area (Å²) in [6.45, 7) is 2.35. The number of halogens is 1. The lowest BCUT2D eigenvalue weighted by Crippen LogP contribution is -2.36. The number of rotatable bonds is 8. The van der Waals surface area contributed by atoms with Crippen LogP contribution in [0.2, 0.25) is 5.02 Å². The number of benzene rings is 1. The number of nitrogens with one attached hydrogen (secondary N) is 1. The minimum Gasteiger partial charge on any atom is -0.493 e. The van der Waals surface area contributed by atoms with E-state index in [4.69, 9.17) is 26.2 Å². The molecule has 1 atom stereocenters. The molecule has 0 aliphatic rings. The van der Waals surface area contributed by atoms with Gasteiger partial charge in [-0.3, -0.25) is 4.79 Å².